The zero-order valence-corrected chi connectivity index (χ0v) is 4.77. The van der Waals surface area contributed by atoms with Crippen molar-refractivity contribution in [1.29, 1.82) is 0 Å². The van der Waals surface area contributed by atoms with Crippen LogP contribution in [0.25, 0.3) is 0 Å². The van der Waals surface area contributed by atoms with Gasteiger partial charge in [-0.1, -0.05) is 0 Å². The summed E-state index contributed by atoms with van der Waals surface area (Å²) in [6, 6.07) is 0. The smallest absolute Gasteiger partial charge is 0.233 e. The lowest BCUT2D eigenvalue weighted by Crippen LogP contribution is -2.39. The summed E-state index contributed by atoms with van der Waals surface area (Å²) < 4.78 is 67.7. The van der Waals surface area contributed by atoms with E-state index in [9.17, 15) is 26.3 Å². The van der Waals surface area contributed by atoms with Gasteiger partial charge in [0.15, 0.2) is 0 Å². The lowest BCUT2D eigenvalue weighted by molar-refractivity contribution is -0.282. The third kappa shape index (κ3) is 1.54. The summed E-state index contributed by atoms with van der Waals surface area (Å²) in [5.74, 6) is -5.31. The van der Waals surface area contributed by atoms with Gasteiger partial charge in [-0.2, -0.15) is 22.0 Å². The molecule has 0 aromatic heterocycles. The van der Waals surface area contributed by atoms with Gasteiger partial charge in [-0.05, 0) is 6.92 Å². The van der Waals surface area contributed by atoms with Crippen molar-refractivity contribution in [3.8, 4) is 0 Å². The molecule has 0 N–H and O–H groups in total. The Morgan fingerprint density at radius 1 is 1.00 bits per heavy atom. The highest BCUT2D eigenvalue weighted by molar-refractivity contribution is 4.94. The molecule has 6 heteroatoms. The minimum atomic E-state index is -5.83. The van der Waals surface area contributed by atoms with Crippen molar-refractivity contribution in [2.45, 2.75) is 19.0 Å². The van der Waals surface area contributed by atoms with Crippen LogP contribution in [0, 0.1) is 6.17 Å². The number of rotatable bonds is 1. The summed E-state index contributed by atoms with van der Waals surface area (Å²) in [6.45, 7) is 0.0769. The zero-order valence-electron chi connectivity index (χ0n) is 4.77. The molecule has 0 aliphatic carbocycles. The van der Waals surface area contributed by atoms with E-state index in [1.54, 1.807) is 0 Å². The molecule has 10 heavy (non-hydrogen) atoms. The molecule has 61 valence electrons. The Kier molecular flexibility index (Phi) is 2.22. The molecule has 0 rings (SSSR count). The third-order valence-electron chi connectivity index (χ3n) is 0.789. The Hall–Kier alpha value is -0.420. The molecule has 0 saturated carbocycles. The van der Waals surface area contributed by atoms with Crippen molar-refractivity contribution < 1.29 is 26.3 Å². The molecule has 0 nitrogen and oxygen atoms in total. The molecule has 0 aliphatic rings. The first-order valence-electron chi connectivity index (χ1n) is 2.13. The number of alkyl halides is 5. The van der Waals surface area contributed by atoms with Crippen molar-refractivity contribution in [2.75, 3.05) is 0 Å². The maximum absolute atomic E-state index is 11.5. The molecule has 0 saturated heterocycles. The van der Waals surface area contributed by atoms with Crippen LogP contribution in [-0.2, 0) is 0 Å². The Balaban J connectivity index is 4.40. The van der Waals surface area contributed by atoms with E-state index >= 15 is 0 Å². The van der Waals surface area contributed by atoms with Crippen LogP contribution < -0.4 is 0 Å². The Labute approximate surface area is 52.8 Å². The second-order valence-corrected chi connectivity index (χ2v) is 1.61. The fraction of sp³-hybridized carbons (Fsp3) is 0.750. The molecule has 0 spiro atoms. The highest BCUT2D eigenvalue weighted by Gasteiger charge is 2.62. The lowest BCUT2D eigenvalue weighted by atomic mass is 10.2. The molecule has 0 heterocycles. The van der Waals surface area contributed by atoms with Gasteiger partial charge in [0, 0.05) is 0 Å². The normalized spacial score (nSPS) is 14.4. The Bertz CT molecular complexity index is 111. The number of hydrogen-bond donors (Lipinski definition) is 0. The van der Waals surface area contributed by atoms with Crippen LogP contribution in [0.1, 0.15) is 6.92 Å². The van der Waals surface area contributed by atoms with E-state index in [1.165, 1.54) is 0 Å². The van der Waals surface area contributed by atoms with E-state index in [4.69, 9.17) is 0 Å². The van der Waals surface area contributed by atoms with Crippen molar-refractivity contribution >= 4 is 0 Å². The molecule has 0 aliphatic heterocycles. The van der Waals surface area contributed by atoms with E-state index in [1.807, 2.05) is 0 Å². The average Bonchev–Trinajstić information content (AvgIpc) is 1.62. The second kappa shape index (κ2) is 2.32. The summed E-state index contributed by atoms with van der Waals surface area (Å²) in [4.78, 5) is 0. The highest BCUT2D eigenvalue weighted by Crippen LogP contribution is 2.42. The topological polar surface area (TPSA) is 0 Å². The van der Waals surface area contributed by atoms with Crippen LogP contribution in [-0.4, -0.2) is 12.1 Å². The van der Waals surface area contributed by atoms with E-state index in [2.05, 4.69) is 0 Å². The van der Waals surface area contributed by atoms with Crippen LogP contribution in [0.2, 0.25) is 0 Å². The SMILES string of the molecule is C[C](F)C(F)(F)C(F)(F)F. The fourth-order valence-electron chi connectivity index (χ4n) is 0.195. The lowest BCUT2D eigenvalue weighted by Gasteiger charge is -2.19. The van der Waals surface area contributed by atoms with Gasteiger partial charge in [-0.25, -0.2) is 4.39 Å². The molecule has 0 atom stereocenters. The summed E-state index contributed by atoms with van der Waals surface area (Å²) in [5, 5.41) is 0. The zero-order chi connectivity index (χ0) is 8.58. The maximum Gasteiger partial charge on any atom is 0.456 e. The van der Waals surface area contributed by atoms with Crippen LogP contribution in [0.5, 0.6) is 0 Å². The molecule has 0 aromatic rings. The van der Waals surface area contributed by atoms with Crippen LogP contribution >= 0.6 is 0 Å². The first-order chi connectivity index (χ1) is 4.19. The summed E-state index contributed by atoms with van der Waals surface area (Å²) >= 11 is 0. The van der Waals surface area contributed by atoms with Gasteiger partial charge in [-0.15, -0.1) is 0 Å². The first-order valence-corrected chi connectivity index (χ1v) is 2.13. The van der Waals surface area contributed by atoms with Crippen LogP contribution in [0.15, 0.2) is 0 Å². The number of halogens is 6. The standard InChI is InChI=1S/C4H3F6/c1-2(5)3(6,7)4(8,9)10/h1H3. The predicted molar refractivity (Wildman–Crippen MR) is 21.0 cm³/mol. The van der Waals surface area contributed by atoms with Crippen molar-refractivity contribution in [3.63, 3.8) is 0 Å². The van der Waals surface area contributed by atoms with Gasteiger partial charge in [0.2, 0.25) is 6.17 Å². The molecule has 0 aromatic carbocycles. The van der Waals surface area contributed by atoms with Gasteiger partial charge in [0.1, 0.15) is 0 Å². The van der Waals surface area contributed by atoms with Crippen LogP contribution in [0.3, 0.4) is 0 Å². The average molecular weight is 165 g/mol. The maximum atomic E-state index is 11.5. The van der Waals surface area contributed by atoms with Gasteiger partial charge >= 0.3 is 12.1 Å². The van der Waals surface area contributed by atoms with Crippen molar-refractivity contribution in [1.82, 2.24) is 0 Å². The first kappa shape index (κ1) is 9.58. The van der Waals surface area contributed by atoms with E-state index < -0.39 is 18.3 Å². The minimum absolute atomic E-state index is 0.0769. The van der Waals surface area contributed by atoms with E-state index in [0.29, 0.717) is 0 Å². The van der Waals surface area contributed by atoms with Crippen molar-refractivity contribution in [3.05, 3.63) is 6.17 Å². The second-order valence-electron chi connectivity index (χ2n) is 1.61. The molecule has 0 bridgehead atoms. The quantitative estimate of drug-likeness (QED) is 0.524. The predicted octanol–water partition coefficient (Wildman–Crippen LogP) is 2.71. The van der Waals surface area contributed by atoms with Crippen molar-refractivity contribution in [2.24, 2.45) is 0 Å². The summed E-state index contributed by atoms with van der Waals surface area (Å²) in [7, 11) is 0. The third-order valence-corrected chi connectivity index (χ3v) is 0.789. The summed E-state index contributed by atoms with van der Waals surface area (Å²) in [5.41, 5.74) is 0. The van der Waals surface area contributed by atoms with Gasteiger partial charge < -0.3 is 0 Å². The van der Waals surface area contributed by atoms with Crippen LogP contribution in [0.4, 0.5) is 26.3 Å². The fourth-order valence-corrected chi connectivity index (χ4v) is 0.195. The molecular weight excluding hydrogens is 162 g/mol. The summed E-state index contributed by atoms with van der Waals surface area (Å²) in [6.07, 6.45) is -8.27. The van der Waals surface area contributed by atoms with Gasteiger partial charge in [0.25, 0.3) is 0 Å². The Morgan fingerprint density at radius 2 is 1.30 bits per heavy atom. The molecule has 0 amide bonds. The van der Waals surface area contributed by atoms with E-state index in [0.717, 1.165) is 0 Å². The largest absolute Gasteiger partial charge is 0.456 e. The molecule has 0 unspecified atom stereocenters. The molecular formula is C4H3F6. The van der Waals surface area contributed by atoms with Gasteiger partial charge in [0.05, 0.1) is 0 Å². The molecule has 1 radical (unpaired) electrons. The van der Waals surface area contributed by atoms with E-state index in [-0.39, 0.29) is 6.92 Å². The monoisotopic (exact) mass is 165 g/mol. The van der Waals surface area contributed by atoms with Gasteiger partial charge in [-0.3, -0.25) is 0 Å². The molecule has 0 fully saturated rings. The highest BCUT2D eigenvalue weighted by atomic mass is 19.4. The minimum Gasteiger partial charge on any atom is -0.233 e. The Morgan fingerprint density at radius 3 is 1.30 bits per heavy atom. The number of hydrogen-bond acceptors (Lipinski definition) is 0.